The topological polar surface area (TPSA) is 35.5 Å². The van der Waals surface area contributed by atoms with Crippen LogP contribution in [0.1, 0.15) is 25.8 Å². The third-order valence-corrected chi connectivity index (χ3v) is 2.79. The van der Waals surface area contributed by atoms with Gasteiger partial charge in [0.15, 0.2) is 11.6 Å². The van der Waals surface area contributed by atoms with Crippen LogP contribution in [-0.4, -0.2) is 25.6 Å². The summed E-state index contributed by atoms with van der Waals surface area (Å²) in [6.07, 6.45) is 0.505. The quantitative estimate of drug-likeness (QED) is 0.783. The van der Waals surface area contributed by atoms with Crippen molar-refractivity contribution < 1.29 is 18.7 Å². The van der Waals surface area contributed by atoms with Crippen molar-refractivity contribution in [2.45, 2.75) is 32.3 Å². The lowest BCUT2D eigenvalue weighted by atomic mass is 9.97. The molecule has 0 unspecified atom stereocenters. The number of ketones is 1. The summed E-state index contributed by atoms with van der Waals surface area (Å²) in [6, 6.07) is 4.55. The molecule has 0 amide bonds. The van der Waals surface area contributed by atoms with Crippen LogP contribution in [0, 0.1) is 5.82 Å². The van der Waals surface area contributed by atoms with E-state index in [0.717, 1.165) is 0 Å². The maximum absolute atomic E-state index is 13.4. The van der Waals surface area contributed by atoms with Crippen LogP contribution >= 0.6 is 0 Å². The van der Waals surface area contributed by atoms with Gasteiger partial charge in [-0.15, -0.1) is 0 Å². The minimum Gasteiger partial charge on any atom is -0.494 e. The summed E-state index contributed by atoms with van der Waals surface area (Å²) in [4.78, 5) is 11.8. The number of ether oxygens (including phenoxy) is 2. The third kappa shape index (κ3) is 4.11. The van der Waals surface area contributed by atoms with Gasteiger partial charge in [-0.05, 0) is 31.5 Å². The first-order valence-electron chi connectivity index (χ1n) is 5.77. The number of hydrogen-bond acceptors (Lipinski definition) is 3. The molecule has 0 atom stereocenters. The summed E-state index contributed by atoms with van der Waals surface area (Å²) < 4.78 is 23.5. The van der Waals surface area contributed by atoms with Gasteiger partial charge >= 0.3 is 0 Å². The van der Waals surface area contributed by atoms with Gasteiger partial charge < -0.3 is 9.47 Å². The van der Waals surface area contributed by atoms with E-state index < -0.39 is 11.4 Å². The van der Waals surface area contributed by atoms with Crippen molar-refractivity contribution in [3.63, 3.8) is 0 Å². The molecule has 1 rings (SSSR count). The van der Waals surface area contributed by atoms with E-state index in [0.29, 0.717) is 12.0 Å². The minimum atomic E-state index is -0.484. The smallest absolute Gasteiger partial charge is 0.165 e. The molecule has 0 bridgehead atoms. The standard InChI is InChI=1S/C14H19FO3/c1-14(2,18-4)9-11(16)7-10-5-6-13(17-3)12(15)8-10/h5-6,8H,7,9H2,1-4H3. The highest BCUT2D eigenvalue weighted by molar-refractivity contribution is 5.81. The fraction of sp³-hybridized carbons (Fsp3) is 0.500. The zero-order valence-electron chi connectivity index (χ0n) is 11.2. The summed E-state index contributed by atoms with van der Waals surface area (Å²) in [5.74, 6) is -0.247. The molecule has 4 heteroatoms. The number of carbonyl (C=O) groups is 1. The molecular weight excluding hydrogens is 235 g/mol. The number of carbonyl (C=O) groups excluding carboxylic acids is 1. The van der Waals surface area contributed by atoms with Gasteiger partial charge in [0, 0.05) is 20.0 Å². The van der Waals surface area contributed by atoms with Crippen molar-refractivity contribution in [2.24, 2.45) is 0 Å². The van der Waals surface area contributed by atoms with E-state index >= 15 is 0 Å². The van der Waals surface area contributed by atoms with Crippen LogP contribution in [0.3, 0.4) is 0 Å². The van der Waals surface area contributed by atoms with E-state index in [9.17, 15) is 9.18 Å². The van der Waals surface area contributed by atoms with E-state index in [1.165, 1.54) is 19.2 Å². The van der Waals surface area contributed by atoms with E-state index in [1.807, 2.05) is 13.8 Å². The first-order valence-corrected chi connectivity index (χ1v) is 5.77. The lowest BCUT2D eigenvalue weighted by molar-refractivity contribution is -0.123. The Bertz CT molecular complexity index is 427. The van der Waals surface area contributed by atoms with Crippen molar-refractivity contribution in [2.75, 3.05) is 14.2 Å². The zero-order chi connectivity index (χ0) is 13.8. The number of hydrogen-bond donors (Lipinski definition) is 0. The molecule has 3 nitrogen and oxygen atoms in total. The Labute approximate surface area is 107 Å². The lowest BCUT2D eigenvalue weighted by Gasteiger charge is -2.21. The zero-order valence-corrected chi connectivity index (χ0v) is 11.2. The Balaban J connectivity index is 2.68. The van der Waals surface area contributed by atoms with Crippen molar-refractivity contribution in [1.82, 2.24) is 0 Å². The molecule has 0 saturated carbocycles. The largest absolute Gasteiger partial charge is 0.494 e. The van der Waals surface area contributed by atoms with Crippen LogP contribution in [0.2, 0.25) is 0 Å². The molecule has 1 aromatic rings. The monoisotopic (exact) mass is 254 g/mol. The fourth-order valence-electron chi connectivity index (χ4n) is 1.66. The van der Waals surface area contributed by atoms with Gasteiger partial charge in [-0.25, -0.2) is 4.39 Å². The van der Waals surface area contributed by atoms with Gasteiger partial charge in [0.2, 0.25) is 0 Å². The summed E-state index contributed by atoms with van der Waals surface area (Å²) >= 11 is 0. The number of benzene rings is 1. The molecule has 0 aliphatic heterocycles. The van der Waals surface area contributed by atoms with Gasteiger partial charge in [-0.1, -0.05) is 6.07 Å². The molecule has 0 saturated heterocycles. The molecular formula is C14H19FO3. The lowest BCUT2D eigenvalue weighted by Crippen LogP contribution is -2.27. The molecule has 0 fully saturated rings. The number of methoxy groups -OCH3 is 2. The first kappa shape index (κ1) is 14.6. The van der Waals surface area contributed by atoms with Gasteiger partial charge in [0.25, 0.3) is 0 Å². The summed E-state index contributed by atoms with van der Waals surface area (Å²) in [7, 11) is 2.98. The van der Waals surface area contributed by atoms with E-state index in [4.69, 9.17) is 9.47 Å². The number of Topliss-reactive ketones (excluding diaryl/α,β-unsaturated/α-hetero) is 1. The van der Waals surface area contributed by atoms with Crippen LogP contribution in [0.15, 0.2) is 18.2 Å². The molecule has 0 heterocycles. The van der Waals surface area contributed by atoms with Gasteiger partial charge in [0.05, 0.1) is 12.7 Å². The fourth-order valence-corrected chi connectivity index (χ4v) is 1.66. The van der Waals surface area contributed by atoms with Gasteiger partial charge in [0.1, 0.15) is 5.78 Å². The Hall–Kier alpha value is -1.42. The van der Waals surface area contributed by atoms with Gasteiger partial charge in [-0.3, -0.25) is 4.79 Å². The van der Waals surface area contributed by atoms with Crippen molar-refractivity contribution in [3.05, 3.63) is 29.6 Å². The average molecular weight is 254 g/mol. The molecule has 100 valence electrons. The van der Waals surface area contributed by atoms with E-state index in [2.05, 4.69) is 0 Å². The molecule has 0 aliphatic carbocycles. The maximum atomic E-state index is 13.4. The number of rotatable bonds is 6. The molecule has 1 aromatic carbocycles. The molecule has 0 aromatic heterocycles. The summed E-state index contributed by atoms with van der Waals surface area (Å²) in [5.41, 5.74) is 0.160. The number of halogens is 1. The molecule has 0 radical (unpaired) electrons. The normalized spacial score (nSPS) is 11.4. The molecule has 0 spiro atoms. The van der Waals surface area contributed by atoms with Crippen molar-refractivity contribution >= 4 is 5.78 Å². The molecule has 0 aliphatic rings. The minimum absolute atomic E-state index is 0.0198. The highest BCUT2D eigenvalue weighted by Crippen LogP contribution is 2.20. The highest BCUT2D eigenvalue weighted by atomic mass is 19.1. The second-order valence-corrected chi connectivity index (χ2v) is 4.82. The van der Waals surface area contributed by atoms with E-state index in [1.54, 1.807) is 13.2 Å². The van der Waals surface area contributed by atoms with Crippen LogP contribution in [0.25, 0.3) is 0 Å². The second kappa shape index (κ2) is 5.96. The summed E-state index contributed by atoms with van der Waals surface area (Å²) in [5, 5.41) is 0. The molecule has 18 heavy (non-hydrogen) atoms. The predicted octanol–water partition coefficient (Wildman–Crippen LogP) is 2.76. The summed E-state index contributed by atoms with van der Waals surface area (Å²) in [6.45, 7) is 3.69. The van der Waals surface area contributed by atoms with Crippen LogP contribution in [0.5, 0.6) is 5.75 Å². The average Bonchev–Trinajstić information content (AvgIpc) is 2.28. The Morgan fingerprint density at radius 2 is 2.00 bits per heavy atom. The van der Waals surface area contributed by atoms with Crippen LogP contribution < -0.4 is 4.74 Å². The van der Waals surface area contributed by atoms with E-state index in [-0.39, 0.29) is 18.0 Å². The maximum Gasteiger partial charge on any atom is 0.165 e. The van der Waals surface area contributed by atoms with Crippen LogP contribution in [-0.2, 0) is 16.0 Å². The first-order chi connectivity index (χ1) is 8.38. The molecule has 0 N–H and O–H groups in total. The van der Waals surface area contributed by atoms with Crippen molar-refractivity contribution in [3.8, 4) is 5.75 Å². The Morgan fingerprint density at radius 1 is 1.33 bits per heavy atom. The van der Waals surface area contributed by atoms with Crippen molar-refractivity contribution in [1.29, 1.82) is 0 Å². The SMILES string of the molecule is COc1ccc(CC(=O)CC(C)(C)OC)cc1F. The predicted molar refractivity (Wildman–Crippen MR) is 67.4 cm³/mol. The Kier molecular flexibility index (Phi) is 4.84. The van der Waals surface area contributed by atoms with Gasteiger partial charge in [-0.2, -0.15) is 0 Å². The third-order valence-electron chi connectivity index (χ3n) is 2.79. The Morgan fingerprint density at radius 3 is 2.50 bits per heavy atom. The highest BCUT2D eigenvalue weighted by Gasteiger charge is 2.21. The van der Waals surface area contributed by atoms with Crippen LogP contribution in [0.4, 0.5) is 4.39 Å². The second-order valence-electron chi connectivity index (χ2n) is 4.82.